The van der Waals surface area contributed by atoms with E-state index in [0.717, 1.165) is 15.0 Å². The Morgan fingerprint density at radius 2 is 1.79 bits per heavy atom. The lowest BCUT2D eigenvalue weighted by Crippen LogP contribution is -2.37. The zero-order valence-electron chi connectivity index (χ0n) is 13.2. The molecule has 128 valence electrons. The second kappa shape index (κ2) is 7.67. The number of hydrogen-bond acceptors (Lipinski definition) is 4. The number of nitrogens with zero attached hydrogens (tertiary/aromatic N) is 1. The van der Waals surface area contributed by atoms with E-state index in [4.69, 9.17) is 4.74 Å². The number of methoxy groups -OCH3 is 1. The smallest absolute Gasteiger partial charge is 0.245 e. The second-order valence-electron chi connectivity index (χ2n) is 5.00. The highest BCUT2D eigenvalue weighted by molar-refractivity contribution is 9.10. The summed E-state index contributed by atoms with van der Waals surface area (Å²) in [7, 11) is -2.21. The zero-order valence-corrected chi connectivity index (χ0v) is 15.6. The van der Waals surface area contributed by atoms with Gasteiger partial charge in [-0.15, -0.1) is 0 Å². The highest BCUT2D eigenvalue weighted by Gasteiger charge is 2.23. The SMILES string of the molecule is COc1ccccc1N(CC(=O)Nc1ccc(Br)cc1)S(C)(=O)=O. The molecule has 0 spiro atoms. The maximum atomic E-state index is 12.3. The van der Waals surface area contributed by atoms with Crippen LogP contribution in [0, 0.1) is 0 Å². The van der Waals surface area contributed by atoms with Crippen LogP contribution in [0.15, 0.2) is 53.0 Å². The largest absolute Gasteiger partial charge is 0.495 e. The predicted octanol–water partition coefficient (Wildman–Crippen LogP) is 2.86. The minimum Gasteiger partial charge on any atom is -0.495 e. The van der Waals surface area contributed by atoms with E-state index < -0.39 is 15.9 Å². The van der Waals surface area contributed by atoms with Crippen molar-refractivity contribution in [1.82, 2.24) is 0 Å². The van der Waals surface area contributed by atoms with Gasteiger partial charge in [-0.3, -0.25) is 9.10 Å². The topological polar surface area (TPSA) is 75.7 Å². The van der Waals surface area contributed by atoms with Crippen molar-refractivity contribution in [3.63, 3.8) is 0 Å². The van der Waals surface area contributed by atoms with Crippen molar-refractivity contribution in [3.05, 3.63) is 53.0 Å². The molecule has 0 aliphatic heterocycles. The fraction of sp³-hybridized carbons (Fsp3) is 0.188. The van der Waals surface area contributed by atoms with E-state index in [-0.39, 0.29) is 6.54 Å². The molecule has 0 saturated heterocycles. The molecule has 0 fully saturated rings. The van der Waals surface area contributed by atoms with E-state index >= 15 is 0 Å². The molecule has 0 atom stereocenters. The first kappa shape index (κ1) is 18.3. The van der Waals surface area contributed by atoms with E-state index in [1.165, 1.54) is 7.11 Å². The van der Waals surface area contributed by atoms with E-state index in [1.54, 1.807) is 48.5 Å². The lowest BCUT2D eigenvalue weighted by atomic mass is 10.3. The molecule has 8 heteroatoms. The summed E-state index contributed by atoms with van der Waals surface area (Å²) in [5, 5.41) is 2.67. The van der Waals surface area contributed by atoms with Crippen LogP contribution in [0.2, 0.25) is 0 Å². The van der Waals surface area contributed by atoms with Gasteiger partial charge in [0.2, 0.25) is 15.9 Å². The Morgan fingerprint density at radius 1 is 1.17 bits per heavy atom. The van der Waals surface area contributed by atoms with Crippen molar-refractivity contribution < 1.29 is 17.9 Å². The van der Waals surface area contributed by atoms with Crippen LogP contribution in [0.3, 0.4) is 0 Å². The van der Waals surface area contributed by atoms with Crippen LogP contribution in [0.5, 0.6) is 5.75 Å². The van der Waals surface area contributed by atoms with Crippen LogP contribution in [-0.4, -0.2) is 34.2 Å². The molecule has 0 aromatic heterocycles. The highest BCUT2D eigenvalue weighted by Crippen LogP contribution is 2.29. The molecule has 1 N–H and O–H groups in total. The zero-order chi connectivity index (χ0) is 17.7. The minimum atomic E-state index is -3.66. The number of carbonyl (C=O) groups excluding carboxylic acids is 1. The van der Waals surface area contributed by atoms with Crippen molar-refractivity contribution in [3.8, 4) is 5.75 Å². The van der Waals surface area contributed by atoms with Gasteiger partial charge in [-0.05, 0) is 36.4 Å². The number of hydrogen-bond donors (Lipinski definition) is 1. The van der Waals surface area contributed by atoms with Gasteiger partial charge in [-0.2, -0.15) is 0 Å². The van der Waals surface area contributed by atoms with Gasteiger partial charge in [0, 0.05) is 10.2 Å². The van der Waals surface area contributed by atoms with E-state index in [1.807, 2.05) is 0 Å². The van der Waals surface area contributed by atoms with Crippen LogP contribution >= 0.6 is 15.9 Å². The Bertz CT molecular complexity index is 822. The fourth-order valence-corrected chi connectivity index (χ4v) is 3.21. The summed E-state index contributed by atoms with van der Waals surface area (Å²) in [4.78, 5) is 12.3. The van der Waals surface area contributed by atoms with Crippen molar-refractivity contribution >= 4 is 43.2 Å². The first-order chi connectivity index (χ1) is 11.3. The maximum absolute atomic E-state index is 12.3. The van der Waals surface area contributed by atoms with Crippen LogP contribution in [0.1, 0.15) is 0 Å². The molecule has 0 unspecified atom stereocenters. The normalized spacial score (nSPS) is 11.0. The Hall–Kier alpha value is -2.06. The molecule has 2 rings (SSSR count). The van der Waals surface area contributed by atoms with Gasteiger partial charge < -0.3 is 10.1 Å². The summed E-state index contributed by atoms with van der Waals surface area (Å²) >= 11 is 3.31. The lowest BCUT2D eigenvalue weighted by Gasteiger charge is -2.23. The first-order valence-electron chi connectivity index (χ1n) is 6.97. The minimum absolute atomic E-state index is 0.313. The number of ether oxygens (including phenoxy) is 1. The molecule has 2 aromatic rings. The van der Waals surface area contributed by atoms with E-state index in [0.29, 0.717) is 17.1 Å². The molecule has 0 radical (unpaired) electrons. The van der Waals surface area contributed by atoms with Gasteiger partial charge in [0.25, 0.3) is 0 Å². The van der Waals surface area contributed by atoms with Gasteiger partial charge in [0.1, 0.15) is 12.3 Å². The Balaban J connectivity index is 2.23. The molecule has 0 bridgehead atoms. The number of nitrogens with one attached hydrogen (secondary N) is 1. The van der Waals surface area contributed by atoms with Crippen LogP contribution in [0.4, 0.5) is 11.4 Å². The second-order valence-corrected chi connectivity index (χ2v) is 7.82. The monoisotopic (exact) mass is 412 g/mol. The van der Waals surface area contributed by atoms with Crippen molar-refractivity contribution in [1.29, 1.82) is 0 Å². The van der Waals surface area contributed by atoms with E-state index in [9.17, 15) is 13.2 Å². The molecular weight excluding hydrogens is 396 g/mol. The van der Waals surface area contributed by atoms with Gasteiger partial charge in [0.15, 0.2) is 0 Å². The maximum Gasteiger partial charge on any atom is 0.245 e. The fourth-order valence-electron chi connectivity index (χ4n) is 2.08. The van der Waals surface area contributed by atoms with Crippen LogP contribution < -0.4 is 14.4 Å². The van der Waals surface area contributed by atoms with Gasteiger partial charge >= 0.3 is 0 Å². The molecule has 1 amide bonds. The number of para-hydroxylation sites is 2. The molecular formula is C16H17BrN2O4S. The number of rotatable bonds is 6. The molecule has 0 aliphatic carbocycles. The third-order valence-corrected chi connectivity index (χ3v) is 4.82. The average molecular weight is 413 g/mol. The van der Waals surface area contributed by atoms with Gasteiger partial charge in [0.05, 0.1) is 19.1 Å². The number of carbonyl (C=O) groups is 1. The molecule has 0 heterocycles. The Morgan fingerprint density at radius 3 is 2.38 bits per heavy atom. The molecule has 0 saturated carbocycles. The average Bonchev–Trinajstić information content (AvgIpc) is 2.54. The summed E-state index contributed by atoms with van der Waals surface area (Å²) in [5.41, 5.74) is 0.894. The summed E-state index contributed by atoms with van der Waals surface area (Å²) in [5.74, 6) is -0.0759. The number of anilines is 2. The highest BCUT2D eigenvalue weighted by atomic mass is 79.9. The van der Waals surface area contributed by atoms with Crippen molar-refractivity contribution in [2.75, 3.05) is 29.5 Å². The summed E-state index contributed by atoms with van der Waals surface area (Å²) in [6, 6.07) is 13.6. The van der Waals surface area contributed by atoms with Crippen LogP contribution in [0.25, 0.3) is 0 Å². The van der Waals surface area contributed by atoms with Crippen molar-refractivity contribution in [2.45, 2.75) is 0 Å². The molecule has 2 aromatic carbocycles. The quantitative estimate of drug-likeness (QED) is 0.791. The van der Waals surface area contributed by atoms with Crippen molar-refractivity contribution in [2.24, 2.45) is 0 Å². The van der Waals surface area contributed by atoms with E-state index in [2.05, 4.69) is 21.2 Å². The third-order valence-electron chi connectivity index (χ3n) is 3.17. The van der Waals surface area contributed by atoms with Gasteiger partial charge in [-0.25, -0.2) is 8.42 Å². The number of halogens is 1. The van der Waals surface area contributed by atoms with Gasteiger partial charge in [-0.1, -0.05) is 28.1 Å². The first-order valence-corrected chi connectivity index (χ1v) is 9.61. The lowest BCUT2D eigenvalue weighted by molar-refractivity contribution is -0.114. The predicted molar refractivity (Wildman–Crippen MR) is 98.0 cm³/mol. The molecule has 0 aliphatic rings. The van der Waals surface area contributed by atoms with Crippen LogP contribution in [-0.2, 0) is 14.8 Å². The number of benzene rings is 2. The number of sulfonamides is 1. The standard InChI is InChI=1S/C16H17BrN2O4S/c1-23-15-6-4-3-5-14(15)19(24(2,21)22)11-16(20)18-13-9-7-12(17)8-10-13/h3-10H,11H2,1-2H3,(H,18,20). The Labute approximate surface area is 149 Å². The summed E-state index contributed by atoms with van der Waals surface area (Å²) in [6.07, 6.45) is 1.05. The summed E-state index contributed by atoms with van der Waals surface area (Å²) in [6.45, 7) is -0.352. The number of amides is 1. The Kier molecular flexibility index (Phi) is 5.84. The summed E-state index contributed by atoms with van der Waals surface area (Å²) < 4.78 is 31.3. The molecule has 6 nitrogen and oxygen atoms in total. The molecule has 24 heavy (non-hydrogen) atoms. The third kappa shape index (κ3) is 4.72.